The van der Waals surface area contributed by atoms with Gasteiger partial charge in [0.2, 0.25) is 15.9 Å². The number of thiophene rings is 1. The van der Waals surface area contributed by atoms with Crippen molar-refractivity contribution in [3.05, 3.63) is 45.8 Å². The van der Waals surface area contributed by atoms with E-state index < -0.39 is 15.9 Å². The fraction of sp³-hybridized carbons (Fsp3) is 0.567. The van der Waals surface area contributed by atoms with E-state index in [0.717, 1.165) is 74.6 Å². The number of fused-ring (bicyclic) bond motifs is 1. The Hall–Kier alpha value is -2.76. The molecule has 5 rings (SSSR count). The lowest BCUT2D eigenvalue weighted by Crippen LogP contribution is -2.48. The van der Waals surface area contributed by atoms with E-state index in [1.165, 1.54) is 30.4 Å². The molecule has 0 atom stereocenters. The Morgan fingerprint density at radius 1 is 0.902 bits per heavy atom. The molecule has 2 aliphatic carbocycles. The summed E-state index contributed by atoms with van der Waals surface area (Å²) in [4.78, 5) is 40.8. The molecule has 3 amide bonds. The number of hydrogen-bond donors (Lipinski definition) is 2. The van der Waals surface area contributed by atoms with Crippen LogP contribution in [0.3, 0.4) is 0 Å². The van der Waals surface area contributed by atoms with Crippen molar-refractivity contribution in [2.24, 2.45) is 0 Å². The zero-order valence-electron chi connectivity index (χ0n) is 23.9. The Morgan fingerprint density at radius 3 is 2.02 bits per heavy atom. The molecular formula is C30H40N4O5S2. The van der Waals surface area contributed by atoms with E-state index in [1.807, 2.05) is 4.31 Å². The normalized spacial score (nSPS) is 18.7. The minimum Gasteiger partial charge on any atom is -0.355 e. The first-order chi connectivity index (χ1) is 19.7. The van der Waals surface area contributed by atoms with E-state index in [0.29, 0.717) is 35.6 Å². The van der Waals surface area contributed by atoms with Crippen molar-refractivity contribution in [1.82, 2.24) is 14.5 Å². The van der Waals surface area contributed by atoms with Gasteiger partial charge in [-0.25, -0.2) is 8.42 Å². The van der Waals surface area contributed by atoms with Crippen LogP contribution in [-0.4, -0.2) is 61.0 Å². The van der Waals surface area contributed by atoms with Gasteiger partial charge >= 0.3 is 0 Å². The molecule has 1 aromatic carbocycles. The van der Waals surface area contributed by atoms with Crippen molar-refractivity contribution in [2.75, 3.05) is 18.9 Å². The largest absolute Gasteiger partial charge is 0.355 e. The average molecular weight is 601 g/mol. The lowest BCUT2D eigenvalue weighted by Gasteiger charge is -2.40. The third-order valence-electron chi connectivity index (χ3n) is 8.74. The van der Waals surface area contributed by atoms with Crippen LogP contribution in [0.25, 0.3) is 0 Å². The van der Waals surface area contributed by atoms with Crippen LogP contribution in [-0.2, 0) is 27.8 Å². The Bertz CT molecular complexity index is 1370. The van der Waals surface area contributed by atoms with Crippen molar-refractivity contribution in [3.63, 3.8) is 0 Å². The van der Waals surface area contributed by atoms with Crippen LogP contribution in [0.15, 0.2) is 29.2 Å². The summed E-state index contributed by atoms with van der Waals surface area (Å²) in [6.45, 7) is 2.44. The number of rotatable bonds is 7. The first kappa shape index (κ1) is 29.7. The maximum atomic E-state index is 14.0. The summed E-state index contributed by atoms with van der Waals surface area (Å²) in [6, 6.07) is 6.23. The van der Waals surface area contributed by atoms with Crippen molar-refractivity contribution >= 4 is 44.1 Å². The summed E-state index contributed by atoms with van der Waals surface area (Å²) < 4.78 is 29.8. The summed E-state index contributed by atoms with van der Waals surface area (Å²) in [6.07, 6.45) is 10.7. The Balaban J connectivity index is 1.37. The van der Waals surface area contributed by atoms with Crippen LogP contribution >= 0.6 is 11.3 Å². The number of sulfonamides is 1. The molecular weight excluding hydrogens is 560 g/mol. The number of carbonyl (C=O) groups is 3. The van der Waals surface area contributed by atoms with E-state index in [4.69, 9.17) is 0 Å². The third kappa shape index (κ3) is 6.22. The molecule has 9 nitrogen and oxygen atoms in total. The van der Waals surface area contributed by atoms with Gasteiger partial charge in [0.25, 0.3) is 11.8 Å². The van der Waals surface area contributed by atoms with Crippen LogP contribution in [0, 0.1) is 0 Å². The molecule has 1 aliphatic heterocycles. The number of carbonyl (C=O) groups excluding carboxylic acids is 3. The van der Waals surface area contributed by atoms with Crippen molar-refractivity contribution < 1.29 is 22.8 Å². The van der Waals surface area contributed by atoms with Gasteiger partial charge in [0.1, 0.15) is 5.00 Å². The van der Waals surface area contributed by atoms with Crippen molar-refractivity contribution in [1.29, 1.82) is 0 Å². The molecule has 0 bridgehead atoms. The maximum Gasteiger partial charge on any atom is 0.256 e. The number of anilines is 1. The number of amides is 3. The SMILES string of the molecule is CNC(=O)c1c(NC(=O)c2ccc(S(=O)(=O)N(C3CCCCC3)C3CCCCC3)cc2)sc2c1CCN(C(C)=O)C2. The first-order valence-corrected chi connectivity index (χ1v) is 17.0. The average Bonchev–Trinajstić information content (AvgIpc) is 3.34. The Labute approximate surface area is 246 Å². The van der Waals surface area contributed by atoms with E-state index in [2.05, 4.69) is 10.6 Å². The highest BCUT2D eigenvalue weighted by Crippen LogP contribution is 2.38. The van der Waals surface area contributed by atoms with E-state index in [1.54, 1.807) is 24.1 Å². The van der Waals surface area contributed by atoms with Gasteiger partial charge in [0.05, 0.1) is 17.0 Å². The highest BCUT2D eigenvalue weighted by atomic mass is 32.2. The summed E-state index contributed by atoms with van der Waals surface area (Å²) in [5, 5.41) is 5.97. The van der Waals surface area contributed by atoms with Crippen molar-refractivity contribution in [2.45, 2.75) is 101 Å². The van der Waals surface area contributed by atoms with Gasteiger partial charge < -0.3 is 15.5 Å². The topological polar surface area (TPSA) is 116 Å². The minimum atomic E-state index is -3.72. The zero-order valence-corrected chi connectivity index (χ0v) is 25.5. The number of hydrogen-bond acceptors (Lipinski definition) is 6. The molecule has 3 aliphatic rings. The minimum absolute atomic E-state index is 0.0308. The molecule has 0 saturated heterocycles. The van der Waals surface area contributed by atoms with Gasteiger partial charge in [0.15, 0.2) is 0 Å². The van der Waals surface area contributed by atoms with Gasteiger partial charge in [-0.15, -0.1) is 11.3 Å². The van der Waals surface area contributed by atoms with Crippen LogP contribution in [0.2, 0.25) is 0 Å². The van der Waals surface area contributed by atoms with E-state index in [-0.39, 0.29) is 28.8 Å². The number of benzene rings is 1. The summed E-state index contributed by atoms with van der Waals surface area (Å²) >= 11 is 1.30. The first-order valence-electron chi connectivity index (χ1n) is 14.8. The fourth-order valence-electron chi connectivity index (χ4n) is 6.56. The highest BCUT2D eigenvalue weighted by Gasteiger charge is 2.38. The van der Waals surface area contributed by atoms with Gasteiger partial charge in [-0.1, -0.05) is 38.5 Å². The monoisotopic (exact) mass is 600 g/mol. The molecule has 11 heteroatoms. The molecule has 2 aromatic rings. The second-order valence-corrected chi connectivity index (χ2v) is 14.3. The Kier molecular flexibility index (Phi) is 9.15. The predicted molar refractivity (Wildman–Crippen MR) is 160 cm³/mol. The molecule has 222 valence electrons. The summed E-state index contributed by atoms with van der Waals surface area (Å²) in [5.41, 5.74) is 1.60. The van der Waals surface area contributed by atoms with E-state index in [9.17, 15) is 22.8 Å². The van der Waals surface area contributed by atoms with Gasteiger partial charge in [-0.3, -0.25) is 14.4 Å². The quantitative estimate of drug-likeness (QED) is 0.468. The van der Waals surface area contributed by atoms with Crippen LogP contribution in [0.1, 0.15) is 102 Å². The fourth-order valence-corrected chi connectivity index (χ4v) is 9.75. The number of nitrogens with zero attached hydrogens (tertiary/aromatic N) is 2. The van der Waals surface area contributed by atoms with Crippen molar-refractivity contribution in [3.8, 4) is 0 Å². The lowest BCUT2D eigenvalue weighted by molar-refractivity contribution is -0.129. The second-order valence-electron chi connectivity index (χ2n) is 11.4. The molecule has 2 fully saturated rings. The van der Waals surface area contributed by atoms with Crippen LogP contribution < -0.4 is 10.6 Å². The maximum absolute atomic E-state index is 14.0. The molecule has 2 N–H and O–H groups in total. The summed E-state index contributed by atoms with van der Waals surface area (Å²) in [5.74, 6) is -0.740. The zero-order chi connectivity index (χ0) is 29.1. The Morgan fingerprint density at radius 2 is 1.49 bits per heavy atom. The molecule has 0 spiro atoms. The second kappa shape index (κ2) is 12.6. The predicted octanol–water partition coefficient (Wildman–Crippen LogP) is 4.92. The highest BCUT2D eigenvalue weighted by molar-refractivity contribution is 7.89. The molecule has 0 radical (unpaired) electrons. The molecule has 2 heterocycles. The third-order valence-corrected chi connectivity index (χ3v) is 11.9. The molecule has 41 heavy (non-hydrogen) atoms. The van der Waals surface area contributed by atoms with Gasteiger partial charge in [-0.2, -0.15) is 4.31 Å². The summed E-state index contributed by atoms with van der Waals surface area (Å²) in [7, 11) is -2.17. The van der Waals surface area contributed by atoms with Gasteiger partial charge in [-0.05, 0) is 61.9 Å². The smallest absolute Gasteiger partial charge is 0.256 e. The lowest BCUT2D eigenvalue weighted by atomic mass is 9.91. The molecule has 1 aromatic heterocycles. The molecule has 2 saturated carbocycles. The van der Waals surface area contributed by atoms with Crippen LogP contribution in [0.5, 0.6) is 0 Å². The van der Waals surface area contributed by atoms with Gasteiger partial charge in [0, 0.05) is 43.0 Å². The van der Waals surface area contributed by atoms with E-state index >= 15 is 0 Å². The molecule has 0 unspecified atom stereocenters. The van der Waals surface area contributed by atoms with Crippen LogP contribution in [0.4, 0.5) is 5.00 Å². The number of nitrogens with one attached hydrogen (secondary N) is 2. The standard InChI is InChI=1S/C30H40N4O5S2/c1-20(35)33-18-17-25-26(19-33)40-30(27(25)29(37)31-2)32-28(36)21-13-15-24(16-14-21)41(38,39)34(22-9-5-3-6-10-22)23-11-7-4-8-12-23/h13-16,22-23H,3-12,17-19H2,1-2H3,(H,31,37)(H,32,36).